The fourth-order valence-corrected chi connectivity index (χ4v) is 4.56. The number of benzene rings is 1. The smallest absolute Gasteiger partial charge is 0.339 e. The summed E-state index contributed by atoms with van der Waals surface area (Å²) in [6.07, 6.45) is -3.64. The molecule has 0 N–H and O–H groups in total. The van der Waals surface area contributed by atoms with E-state index in [9.17, 15) is 41.3 Å². The SMILES string of the molecule is O=C(Cn1cc([N+](=O)[O-])ccc1=O)N1CCN(S(=O)(=O)c2ccc(C(F)(F)F)cc2)CC1. The van der Waals surface area contributed by atoms with Crippen LogP contribution in [0.25, 0.3) is 0 Å². The van der Waals surface area contributed by atoms with E-state index in [1.54, 1.807) is 0 Å². The minimum absolute atomic E-state index is 0.0115. The van der Waals surface area contributed by atoms with Crippen molar-refractivity contribution in [3.05, 3.63) is 68.6 Å². The molecular formula is C18H17F3N4O6S. The average molecular weight is 474 g/mol. The van der Waals surface area contributed by atoms with Gasteiger partial charge in [-0.2, -0.15) is 17.5 Å². The summed E-state index contributed by atoms with van der Waals surface area (Å²) in [5.74, 6) is -0.529. The van der Waals surface area contributed by atoms with Gasteiger partial charge < -0.3 is 4.90 Å². The van der Waals surface area contributed by atoms with Gasteiger partial charge >= 0.3 is 6.18 Å². The number of aromatic nitrogens is 1. The molecule has 32 heavy (non-hydrogen) atoms. The molecule has 10 nitrogen and oxygen atoms in total. The number of amides is 1. The number of carbonyl (C=O) groups is 1. The quantitative estimate of drug-likeness (QED) is 0.476. The van der Waals surface area contributed by atoms with Gasteiger partial charge in [-0.25, -0.2) is 8.42 Å². The highest BCUT2D eigenvalue weighted by Crippen LogP contribution is 2.30. The summed E-state index contributed by atoms with van der Waals surface area (Å²) < 4.78 is 65.4. The predicted molar refractivity (Wildman–Crippen MR) is 104 cm³/mol. The second-order valence-electron chi connectivity index (χ2n) is 6.92. The normalized spacial score (nSPS) is 15.5. The summed E-state index contributed by atoms with van der Waals surface area (Å²) in [7, 11) is -4.06. The number of pyridine rings is 1. The number of alkyl halides is 3. The van der Waals surface area contributed by atoms with Crippen molar-refractivity contribution in [2.75, 3.05) is 26.2 Å². The maximum Gasteiger partial charge on any atom is 0.416 e. The van der Waals surface area contributed by atoms with Gasteiger partial charge in [0.1, 0.15) is 6.54 Å². The molecule has 0 saturated carbocycles. The Bertz CT molecular complexity index is 1190. The maximum absolute atomic E-state index is 12.7. The first-order chi connectivity index (χ1) is 14.9. The maximum atomic E-state index is 12.7. The lowest BCUT2D eigenvalue weighted by Gasteiger charge is -2.34. The van der Waals surface area contributed by atoms with E-state index in [0.29, 0.717) is 12.1 Å². The Morgan fingerprint density at radius 2 is 1.62 bits per heavy atom. The molecule has 14 heteroatoms. The summed E-state index contributed by atoms with van der Waals surface area (Å²) in [6, 6.07) is 5.12. The third kappa shape index (κ3) is 4.96. The monoisotopic (exact) mass is 474 g/mol. The Kier molecular flexibility index (Phi) is 6.37. The van der Waals surface area contributed by atoms with Crippen LogP contribution in [0.5, 0.6) is 0 Å². The Hall–Kier alpha value is -3.26. The standard InChI is InChI=1S/C18H17F3N4O6S/c19-18(20,21)13-1-4-15(5-2-13)32(30,31)24-9-7-22(8-10-24)17(27)12-23-11-14(25(28)29)3-6-16(23)26/h1-6,11H,7-10,12H2. The molecule has 172 valence electrons. The van der Waals surface area contributed by atoms with Crippen molar-refractivity contribution < 1.29 is 31.3 Å². The highest BCUT2D eigenvalue weighted by Gasteiger charge is 2.33. The van der Waals surface area contributed by atoms with Crippen LogP contribution in [0.3, 0.4) is 0 Å². The molecule has 1 saturated heterocycles. The Balaban J connectivity index is 1.65. The van der Waals surface area contributed by atoms with E-state index in [0.717, 1.165) is 39.3 Å². The van der Waals surface area contributed by atoms with Gasteiger partial charge in [0.25, 0.3) is 11.2 Å². The lowest BCUT2D eigenvalue weighted by atomic mass is 10.2. The van der Waals surface area contributed by atoms with Gasteiger partial charge in [0.05, 0.1) is 21.6 Å². The van der Waals surface area contributed by atoms with Crippen molar-refractivity contribution in [2.45, 2.75) is 17.6 Å². The van der Waals surface area contributed by atoms with Gasteiger partial charge in [0, 0.05) is 38.3 Å². The van der Waals surface area contributed by atoms with Crippen LogP contribution in [0.15, 0.2) is 52.3 Å². The number of hydrogen-bond acceptors (Lipinski definition) is 6. The van der Waals surface area contributed by atoms with Crippen LogP contribution in [-0.4, -0.2) is 59.2 Å². The van der Waals surface area contributed by atoms with Crippen LogP contribution in [0.4, 0.5) is 18.9 Å². The third-order valence-electron chi connectivity index (χ3n) is 4.90. The molecule has 1 fully saturated rings. The Labute approximate surface area is 179 Å². The van der Waals surface area contributed by atoms with Gasteiger partial charge in [-0.3, -0.25) is 24.3 Å². The number of hydrogen-bond donors (Lipinski definition) is 0. The zero-order valence-corrected chi connectivity index (χ0v) is 17.2. The van der Waals surface area contributed by atoms with E-state index in [-0.39, 0.29) is 36.8 Å². The Morgan fingerprint density at radius 1 is 1.03 bits per heavy atom. The summed E-state index contributed by atoms with van der Waals surface area (Å²) in [4.78, 5) is 35.5. The van der Waals surface area contributed by atoms with E-state index in [2.05, 4.69) is 0 Å². The molecule has 1 aromatic heterocycles. The topological polar surface area (TPSA) is 123 Å². The van der Waals surface area contributed by atoms with Gasteiger partial charge in [-0.05, 0) is 24.3 Å². The predicted octanol–water partition coefficient (Wildman–Crippen LogP) is 1.31. The number of nitrogens with zero attached hydrogens (tertiary/aromatic N) is 4. The molecule has 0 bridgehead atoms. The zero-order chi connectivity index (χ0) is 23.7. The molecule has 1 amide bonds. The molecule has 0 radical (unpaired) electrons. The second kappa shape index (κ2) is 8.70. The fourth-order valence-electron chi connectivity index (χ4n) is 3.14. The van der Waals surface area contributed by atoms with Crippen LogP contribution >= 0.6 is 0 Å². The number of carbonyl (C=O) groups excluding carboxylic acids is 1. The molecular weight excluding hydrogens is 457 g/mol. The number of nitro groups is 1. The van der Waals surface area contributed by atoms with Crippen molar-refractivity contribution in [1.29, 1.82) is 0 Å². The molecule has 0 aliphatic carbocycles. The van der Waals surface area contributed by atoms with Gasteiger partial charge in [0.15, 0.2) is 0 Å². The summed E-state index contributed by atoms with van der Waals surface area (Å²) >= 11 is 0. The third-order valence-corrected chi connectivity index (χ3v) is 6.81. The number of rotatable bonds is 5. The molecule has 0 unspecified atom stereocenters. The van der Waals surface area contributed by atoms with E-state index in [1.807, 2.05) is 0 Å². The van der Waals surface area contributed by atoms with Crippen LogP contribution < -0.4 is 5.56 Å². The molecule has 1 aromatic carbocycles. The summed E-state index contributed by atoms with van der Waals surface area (Å²) in [5, 5.41) is 10.8. The van der Waals surface area contributed by atoms with Crippen molar-refractivity contribution in [3.63, 3.8) is 0 Å². The molecule has 2 heterocycles. The van der Waals surface area contributed by atoms with Crippen molar-refractivity contribution in [1.82, 2.24) is 13.8 Å². The van der Waals surface area contributed by atoms with Gasteiger partial charge in [0.2, 0.25) is 15.9 Å². The molecule has 2 aromatic rings. The molecule has 1 aliphatic rings. The van der Waals surface area contributed by atoms with Gasteiger partial charge in [-0.15, -0.1) is 0 Å². The highest BCUT2D eigenvalue weighted by molar-refractivity contribution is 7.89. The number of halogens is 3. The number of piperazine rings is 1. The highest BCUT2D eigenvalue weighted by atomic mass is 32.2. The minimum Gasteiger partial charge on any atom is -0.339 e. The minimum atomic E-state index is -4.59. The average Bonchev–Trinajstić information content (AvgIpc) is 2.74. The molecule has 0 spiro atoms. The van der Waals surface area contributed by atoms with Crippen LogP contribution in [0, 0.1) is 10.1 Å². The summed E-state index contributed by atoms with van der Waals surface area (Å²) in [5.41, 5.74) is -1.93. The van der Waals surface area contributed by atoms with E-state index >= 15 is 0 Å². The van der Waals surface area contributed by atoms with Crippen LogP contribution in [0.2, 0.25) is 0 Å². The molecule has 1 aliphatic heterocycles. The first-order valence-corrected chi connectivity index (χ1v) is 10.6. The van der Waals surface area contributed by atoms with Crippen LogP contribution in [0.1, 0.15) is 5.56 Å². The largest absolute Gasteiger partial charge is 0.416 e. The van der Waals surface area contributed by atoms with Crippen molar-refractivity contribution >= 4 is 21.6 Å². The first kappa shape index (κ1) is 23.4. The Morgan fingerprint density at radius 3 is 2.16 bits per heavy atom. The number of sulfonamides is 1. The van der Waals surface area contributed by atoms with Crippen LogP contribution in [-0.2, 0) is 27.5 Å². The molecule has 0 atom stereocenters. The van der Waals surface area contributed by atoms with Crippen molar-refractivity contribution in [2.24, 2.45) is 0 Å². The first-order valence-electron chi connectivity index (χ1n) is 9.19. The molecule has 3 rings (SSSR count). The lowest BCUT2D eigenvalue weighted by Crippen LogP contribution is -2.51. The fraction of sp³-hybridized carbons (Fsp3) is 0.333. The summed E-state index contributed by atoms with van der Waals surface area (Å²) in [6.45, 7) is -0.672. The second-order valence-corrected chi connectivity index (χ2v) is 8.86. The van der Waals surface area contributed by atoms with E-state index in [4.69, 9.17) is 0 Å². The van der Waals surface area contributed by atoms with E-state index in [1.165, 1.54) is 4.90 Å². The van der Waals surface area contributed by atoms with E-state index < -0.39 is 44.7 Å². The van der Waals surface area contributed by atoms with Gasteiger partial charge in [-0.1, -0.05) is 0 Å². The zero-order valence-electron chi connectivity index (χ0n) is 16.4. The lowest BCUT2D eigenvalue weighted by molar-refractivity contribution is -0.385. The van der Waals surface area contributed by atoms with Crippen molar-refractivity contribution in [3.8, 4) is 0 Å².